The van der Waals surface area contributed by atoms with E-state index in [1.54, 1.807) is 11.3 Å². The fourth-order valence-electron chi connectivity index (χ4n) is 1.96. The highest BCUT2D eigenvalue weighted by Crippen LogP contribution is 2.20. The molecule has 0 spiro atoms. The Kier molecular flexibility index (Phi) is 2.41. The molecule has 0 unspecified atom stereocenters. The van der Waals surface area contributed by atoms with Crippen molar-refractivity contribution in [3.63, 3.8) is 0 Å². The summed E-state index contributed by atoms with van der Waals surface area (Å²) in [6.07, 6.45) is 1.94. The van der Waals surface area contributed by atoms with Gasteiger partial charge in [0.05, 0.1) is 0 Å². The number of aromatic nitrogens is 2. The van der Waals surface area contributed by atoms with Gasteiger partial charge < -0.3 is 0 Å². The maximum absolute atomic E-state index is 4.47. The second kappa shape index (κ2) is 3.93. The van der Waals surface area contributed by atoms with E-state index >= 15 is 0 Å². The van der Waals surface area contributed by atoms with Crippen LogP contribution in [0.3, 0.4) is 0 Å². The van der Waals surface area contributed by atoms with Crippen molar-refractivity contribution in [3.8, 4) is 11.3 Å². The first kappa shape index (κ1) is 10.4. The maximum atomic E-state index is 4.47. The number of thiazole rings is 1. The third kappa shape index (κ3) is 1.63. The van der Waals surface area contributed by atoms with Crippen molar-refractivity contribution in [2.75, 3.05) is 0 Å². The highest BCUT2D eigenvalue weighted by Gasteiger charge is 2.17. The Balaban J connectivity index is 2.35. The fraction of sp³-hybridized carbons (Fsp3) is 0.143. The van der Waals surface area contributed by atoms with E-state index in [0.29, 0.717) is 0 Å². The lowest BCUT2D eigenvalue weighted by atomic mass is 10.1. The van der Waals surface area contributed by atoms with Crippen molar-refractivity contribution >= 4 is 16.3 Å². The molecule has 0 bridgehead atoms. The Labute approximate surface area is 104 Å². The van der Waals surface area contributed by atoms with Crippen LogP contribution < -0.4 is 4.40 Å². The quantitative estimate of drug-likeness (QED) is 0.598. The zero-order valence-electron chi connectivity index (χ0n) is 9.84. The second-order valence-electron chi connectivity index (χ2n) is 4.13. The molecule has 0 atom stereocenters. The number of rotatable bonds is 1. The van der Waals surface area contributed by atoms with E-state index in [1.165, 1.54) is 22.5 Å². The van der Waals surface area contributed by atoms with Crippen LogP contribution in [-0.2, 0) is 0 Å². The van der Waals surface area contributed by atoms with E-state index in [2.05, 4.69) is 52.9 Å². The van der Waals surface area contributed by atoms with Crippen molar-refractivity contribution in [2.24, 2.45) is 0 Å². The molecule has 0 aliphatic heterocycles. The summed E-state index contributed by atoms with van der Waals surface area (Å²) in [6, 6.07) is 10.4. The molecule has 0 radical (unpaired) electrons. The standard InChI is InChI=1S/C14H13N2S/c1-10-8-15-14-16(11(10)2)13(9-17-14)12-6-4-3-5-7-12/h3-9H,1-2H3/q+1. The van der Waals surface area contributed by atoms with Crippen LogP contribution in [0, 0.1) is 13.8 Å². The van der Waals surface area contributed by atoms with Crippen LogP contribution in [0.15, 0.2) is 41.9 Å². The molecule has 3 aromatic rings. The van der Waals surface area contributed by atoms with Crippen LogP contribution in [0.4, 0.5) is 0 Å². The summed E-state index contributed by atoms with van der Waals surface area (Å²) in [5, 5.41) is 2.17. The van der Waals surface area contributed by atoms with Crippen LogP contribution in [0.2, 0.25) is 0 Å². The fourth-order valence-corrected chi connectivity index (χ4v) is 2.87. The first-order valence-corrected chi connectivity index (χ1v) is 6.46. The van der Waals surface area contributed by atoms with E-state index in [1.807, 2.05) is 12.3 Å². The van der Waals surface area contributed by atoms with Gasteiger partial charge in [-0.3, -0.25) is 0 Å². The smallest absolute Gasteiger partial charge is 0.183 e. The molecule has 3 rings (SSSR count). The summed E-state index contributed by atoms with van der Waals surface area (Å²) in [5.41, 5.74) is 4.94. The topological polar surface area (TPSA) is 17.0 Å². The summed E-state index contributed by atoms with van der Waals surface area (Å²) < 4.78 is 2.23. The van der Waals surface area contributed by atoms with E-state index in [9.17, 15) is 0 Å². The molecular formula is C14H13N2S+. The van der Waals surface area contributed by atoms with Gasteiger partial charge in [-0.15, -0.1) is 0 Å². The molecule has 2 heterocycles. The SMILES string of the molecule is Cc1cnc2scc(-c3ccccc3)[n+]2c1C. The van der Waals surface area contributed by atoms with Gasteiger partial charge in [0.2, 0.25) is 0 Å². The maximum Gasteiger partial charge on any atom is 0.387 e. The monoisotopic (exact) mass is 241 g/mol. The molecule has 0 saturated carbocycles. The first-order valence-electron chi connectivity index (χ1n) is 5.58. The largest absolute Gasteiger partial charge is 0.387 e. The molecule has 0 aliphatic rings. The van der Waals surface area contributed by atoms with Crippen molar-refractivity contribution < 1.29 is 4.40 Å². The van der Waals surface area contributed by atoms with Gasteiger partial charge in [-0.05, 0) is 30.2 Å². The lowest BCUT2D eigenvalue weighted by Crippen LogP contribution is -2.27. The van der Waals surface area contributed by atoms with Crippen LogP contribution in [0.25, 0.3) is 16.2 Å². The van der Waals surface area contributed by atoms with Gasteiger partial charge in [0.15, 0.2) is 5.69 Å². The Morgan fingerprint density at radius 2 is 1.88 bits per heavy atom. The average molecular weight is 241 g/mol. The van der Waals surface area contributed by atoms with Crippen molar-refractivity contribution in [1.29, 1.82) is 0 Å². The van der Waals surface area contributed by atoms with Crippen molar-refractivity contribution in [1.82, 2.24) is 4.98 Å². The van der Waals surface area contributed by atoms with Gasteiger partial charge >= 0.3 is 4.96 Å². The zero-order valence-corrected chi connectivity index (χ0v) is 10.7. The van der Waals surface area contributed by atoms with E-state index in [-0.39, 0.29) is 0 Å². The lowest BCUT2D eigenvalue weighted by Gasteiger charge is -2.00. The molecule has 2 nitrogen and oxygen atoms in total. The van der Waals surface area contributed by atoms with Crippen LogP contribution >= 0.6 is 11.3 Å². The number of aryl methyl sites for hydroxylation is 2. The Morgan fingerprint density at radius 1 is 1.12 bits per heavy atom. The third-order valence-electron chi connectivity index (χ3n) is 3.05. The molecule has 0 amide bonds. The van der Waals surface area contributed by atoms with E-state index in [4.69, 9.17) is 0 Å². The van der Waals surface area contributed by atoms with E-state index in [0.717, 1.165) is 4.96 Å². The molecule has 17 heavy (non-hydrogen) atoms. The molecule has 0 saturated heterocycles. The predicted molar refractivity (Wildman–Crippen MR) is 70.2 cm³/mol. The summed E-state index contributed by atoms with van der Waals surface area (Å²) in [4.78, 5) is 5.52. The van der Waals surface area contributed by atoms with Gasteiger partial charge in [-0.1, -0.05) is 30.3 Å². The number of nitrogens with zero attached hydrogens (tertiary/aromatic N) is 2. The predicted octanol–water partition coefficient (Wildman–Crippen LogP) is 3.17. The van der Waals surface area contributed by atoms with Crippen LogP contribution in [0.5, 0.6) is 0 Å². The Hall–Kier alpha value is -1.74. The Bertz CT molecular complexity index is 671. The molecule has 0 aliphatic carbocycles. The van der Waals surface area contributed by atoms with Crippen LogP contribution in [-0.4, -0.2) is 4.98 Å². The minimum atomic E-state index is 1.05. The molecule has 2 aromatic heterocycles. The van der Waals surface area contributed by atoms with Gasteiger partial charge in [-0.2, -0.15) is 4.40 Å². The third-order valence-corrected chi connectivity index (χ3v) is 3.89. The minimum Gasteiger partial charge on any atom is -0.183 e. The highest BCUT2D eigenvalue weighted by molar-refractivity contribution is 7.14. The number of hydrogen-bond donors (Lipinski definition) is 0. The van der Waals surface area contributed by atoms with Gasteiger partial charge in [0.1, 0.15) is 11.9 Å². The number of fused-ring (bicyclic) bond motifs is 1. The molecule has 0 N–H and O–H groups in total. The first-order chi connectivity index (χ1) is 8.27. The summed E-state index contributed by atoms with van der Waals surface area (Å²) in [7, 11) is 0. The number of benzene rings is 1. The van der Waals surface area contributed by atoms with Crippen molar-refractivity contribution in [3.05, 3.63) is 53.2 Å². The molecule has 3 heteroatoms. The average Bonchev–Trinajstić information content (AvgIpc) is 2.79. The minimum absolute atomic E-state index is 1.05. The van der Waals surface area contributed by atoms with Gasteiger partial charge in [0, 0.05) is 16.5 Å². The number of hydrogen-bond acceptors (Lipinski definition) is 2. The van der Waals surface area contributed by atoms with E-state index < -0.39 is 0 Å². The molecule has 84 valence electrons. The Morgan fingerprint density at radius 3 is 2.65 bits per heavy atom. The summed E-state index contributed by atoms with van der Waals surface area (Å²) >= 11 is 1.68. The highest BCUT2D eigenvalue weighted by atomic mass is 32.1. The normalized spacial score (nSPS) is 10.9. The molecule has 1 aromatic carbocycles. The summed E-state index contributed by atoms with van der Waals surface area (Å²) in [5.74, 6) is 0. The van der Waals surface area contributed by atoms with Gasteiger partial charge in [-0.25, -0.2) is 0 Å². The lowest BCUT2D eigenvalue weighted by molar-refractivity contribution is -0.506. The van der Waals surface area contributed by atoms with Crippen molar-refractivity contribution in [2.45, 2.75) is 13.8 Å². The van der Waals surface area contributed by atoms with Gasteiger partial charge in [0.25, 0.3) is 0 Å². The van der Waals surface area contributed by atoms with Crippen LogP contribution in [0.1, 0.15) is 11.3 Å². The summed E-state index contributed by atoms with van der Waals surface area (Å²) in [6.45, 7) is 4.24. The molecule has 0 fully saturated rings. The zero-order chi connectivity index (χ0) is 11.8. The molecular weight excluding hydrogens is 228 g/mol. The second-order valence-corrected chi connectivity index (χ2v) is 4.97.